The van der Waals surface area contributed by atoms with E-state index in [1.807, 2.05) is 25.3 Å². The molecule has 0 aliphatic carbocycles. The van der Waals surface area contributed by atoms with Crippen molar-refractivity contribution in [2.24, 2.45) is 0 Å². The van der Waals surface area contributed by atoms with Crippen LogP contribution in [-0.2, 0) is 16.0 Å². The smallest absolute Gasteiger partial charge is 0.337 e. The summed E-state index contributed by atoms with van der Waals surface area (Å²) in [7, 11) is 1.32. The van der Waals surface area contributed by atoms with Gasteiger partial charge < -0.3 is 19.1 Å². The first kappa shape index (κ1) is 24.9. The molecule has 0 aliphatic rings. The Morgan fingerprint density at radius 2 is 2.06 bits per heavy atom. The highest BCUT2D eigenvalue weighted by Crippen LogP contribution is 2.23. The number of benzene rings is 2. The largest absolute Gasteiger partial charge is 0.465 e. The molecule has 0 spiro atoms. The second-order valence-electron chi connectivity index (χ2n) is 8.33. The van der Waals surface area contributed by atoms with Gasteiger partial charge in [0.15, 0.2) is 0 Å². The van der Waals surface area contributed by atoms with Gasteiger partial charge in [0.05, 0.1) is 34.3 Å². The molecular formula is C24H27ClFN3O4. The monoisotopic (exact) mass is 475 g/mol. The third-order valence-electron chi connectivity index (χ3n) is 4.71. The molecule has 0 bridgehead atoms. The van der Waals surface area contributed by atoms with E-state index in [9.17, 15) is 14.3 Å². The number of aliphatic hydroxyl groups excluding tert-OH is 1. The van der Waals surface area contributed by atoms with Gasteiger partial charge in [0.25, 0.3) is 0 Å². The minimum Gasteiger partial charge on any atom is -0.465 e. The molecule has 1 aromatic heterocycles. The third kappa shape index (κ3) is 6.39. The van der Waals surface area contributed by atoms with Crippen LogP contribution in [0.4, 0.5) is 4.39 Å². The number of hydrogen-bond acceptors (Lipinski definition) is 6. The molecule has 2 aromatic carbocycles. The standard InChI is InChI=1S/C24H27ClFN3O4/c1-24(2,3)33-23(31)27-12-13-29-19-14-16(22(30)32-4)8-10-18(19)28-20(29)11-9-15-6-5-7-17(25)21(15)26/h5-11,14,23,27,31H,12-13H2,1-4H3/b11-9+. The van der Waals surface area contributed by atoms with E-state index in [-0.39, 0.29) is 5.02 Å². The first-order chi connectivity index (χ1) is 15.6. The molecule has 176 valence electrons. The number of fused-ring (bicyclic) bond motifs is 1. The number of aromatic nitrogens is 2. The van der Waals surface area contributed by atoms with Gasteiger partial charge in [-0.1, -0.05) is 23.7 Å². The van der Waals surface area contributed by atoms with Crippen LogP contribution >= 0.6 is 11.6 Å². The molecular weight excluding hydrogens is 449 g/mol. The number of carbonyl (C=O) groups is 1. The van der Waals surface area contributed by atoms with Crippen LogP contribution in [-0.4, -0.2) is 46.3 Å². The lowest BCUT2D eigenvalue weighted by Crippen LogP contribution is -2.39. The van der Waals surface area contributed by atoms with Crippen LogP contribution in [0.1, 0.15) is 42.5 Å². The number of carbonyl (C=O) groups excluding carboxylic acids is 1. The number of halogens is 2. The quantitative estimate of drug-likeness (QED) is 0.369. The number of ether oxygens (including phenoxy) is 2. The van der Waals surface area contributed by atoms with Crippen molar-refractivity contribution in [1.29, 1.82) is 0 Å². The highest BCUT2D eigenvalue weighted by molar-refractivity contribution is 6.30. The fourth-order valence-corrected chi connectivity index (χ4v) is 3.42. The Balaban J connectivity index is 1.93. The van der Waals surface area contributed by atoms with Crippen molar-refractivity contribution < 1.29 is 23.8 Å². The van der Waals surface area contributed by atoms with Crippen molar-refractivity contribution in [3.8, 4) is 0 Å². The van der Waals surface area contributed by atoms with E-state index in [1.165, 1.54) is 13.2 Å². The van der Waals surface area contributed by atoms with Crippen LogP contribution in [0.2, 0.25) is 5.02 Å². The predicted octanol–water partition coefficient (Wildman–Crippen LogP) is 4.47. The van der Waals surface area contributed by atoms with Crippen LogP contribution < -0.4 is 5.32 Å². The van der Waals surface area contributed by atoms with E-state index in [1.54, 1.807) is 42.5 Å². The summed E-state index contributed by atoms with van der Waals surface area (Å²) in [5.41, 5.74) is 1.53. The molecule has 1 atom stereocenters. The molecule has 0 radical (unpaired) electrons. The van der Waals surface area contributed by atoms with Crippen LogP contribution in [0.15, 0.2) is 36.4 Å². The van der Waals surface area contributed by atoms with Gasteiger partial charge in [0.1, 0.15) is 11.6 Å². The number of imidazole rings is 1. The first-order valence-corrected chi connectivity index (χ1v) is 10.8. The highest BCUT2D eigenvalue weighted by atomic mass is 35.5. The number of nitrogens with one attached hydrogen (secondary N) is 1. The van der Waals surface area contributed by atoms with Crippen LogP contribution in [0, 0.1) is 5.82 Å². The normalized spacial score (nSPS) is 13.1. The predicted molar refractivity (Wildman–Crippen MR) is 126 cm³/mol. The Hall–Kier alpha value is -2.78. The molecule has 7 nitrogen and oxygen atoms in total. The second-order valence-corrected chi connectivity index (χ2v) is 8.74. The SMILES string of the molecule is COC(=O)c1ccc2nc(/C=C/c3cccc(Cl)c3F)n(CCNC(O)OC(C)(C)C)c2c1. The first-order valence-electron chi connectivity index (χ1n) is 10.4. The van der Waals surface area contributed by atoms with Gasteiger partial charge in [-0.25, -0.2) is 14.2 Å². The van der Waals surface area contributed by atoms with Gasteiger partial charge in [0, 0.05) is 18.7 Å². The van der Waals surface area contributed by atoms with E-state index in [4.69, 9.17) is 21.1 Å². The fourth-order valence-electron chi connectivity index (χ4n) is 3.24. The Bertz CT molecular complexity index is 1170. The van der Waals surface area contributed by atoms with Gasteiger partial charge in [-0.15, -0.1) is 0 Å². The number of aliphatic hydroxyl groups is 1. The minimum atomic E-state index is -1.15. The Kier molecular flexibility index (Phi) is 7.86. The van der Waals surface area contributed by atoms with Crippen molar-refractivity contribution in [2.45, 2.75) is 39.3 Å². The highest BCUT2D eigenvalue weighted by Gasteiger charge is 2.17. The molecule has 0 saturated heterocycles. The lowest BCUT2D eigenvalue weighted by Gasteiger charge is -2.24. The molecule has 33 heavy (non-hydrogen) atoms. The summed E-state index contributed by atoms with van der Waals surface area (Å²) in [5, 5.41) is 13.0. The van der Waals surface area contributed by atoms with E-state index in [0.717, 1.165) is 0 Å². The molecule has 1 unspecified atom stereocenters. The Morgan fingerprint density at radius 3 is 2.76 bits per heavy atom. The average Bonchev–Trinajstić information content (AvgIpc) is 3.09. The topological polar surface area (TPSA) is 85.6 Å². The number of esters is 1. The van der Waals surface area contributed by atoms with E-state index in [2.05, 4.69) is 10.3 Å². The Morgan fingerprint density at radius 1 is 1.30 bits per heavy atom. The molecule has 9 heteroatoms. The van der Waals surface area contributed by atoms with Crippen molar-refractivity contribution in [3.63, 3.8) is 0 Å². The van der Waals surface area contributed by atoms with Crippen molar-refractivity contribution in [1.82, 2.24) is 14.9 Å². The molecule has 1 heterocycles. The number of methoxy groups -OCH3 is 1. The van der Waals surface area contributed by atoms with Gasteiger partial charge in [-0.3, -0.25) is 5.32 Å². The summed E-state index contributed by atoms with van der Waals surface area (Å²) in [6, 6.07) is 9.80. The van der Waals surface area contributed by atoms with Gasteiger partial charge in [-0.2, -0.15) is 0 Å². The lowest BCUT2D eigenvalue weighted by atomic mass is 10.2. The molecule has 0 amide bonds. The van der Waals surface area contributed by atoms with Crippen molar-refractivity contribution in [3.05, 3.63) is 64.2 Å². The van der Waals surface area contributed by atoms with Crippen LogP contribution in [0.3, 0.4) is 0 Å². The molecule has 0 fully saturated rings. The summed E-state index contributed by atoms with van der Waals surface area (Å²) >= 11 is 5.88. The zero-order valence-electron chi connectivity index (χ0n) is 18.9. The summed E-state index contributed by atoms with van der Waals surface area (Å²) in [5.74, 6) is -0.440. The van der Waals surface area contributed by atoms with Gasteiger partial charge in [0.2, 0.25) is 6.41 Å². The number of nitrogens with zero attached hydrogens (tertiary/aromatic N) is 2. The van der Waals surface area contributed by atoms with Crippen LogP contribution in [0.5, 0.6) is 0 Å². The van der Waals surface area contributed by atoms with Crippen LogP contribution in [0.25, 0.3) is 23.2 Å². The molecule has 0 aliphatic heterocycles. The third-order valence-corrected chi connectivity index (χ3v) is 5.00. The Labute approximate surface area is 196 Å². The molecule has 0 saturated carbocycles. The van der Waals surface area contributed by atoms with Gasteiger partial charge in [-0.05, 0) is 57.2 Å². The van der Waals surface area contributed by atoms with Crippen molar-refractivity contribution in [2.75, 3.05) is 13.7 Å². The maximum Gasteiger partial charge on any atom is 0.337 e. The molecule has 3 aromatic rings. The zero-order valence-corrected chi connectivity index (χ0v) is 19.7. The summed E-state index contributed by atoms with van der Waals surface area (Å²) in [6.07, 6.45) is 2.12. The fraction of sp³-hybridized carbons (Fsp3) is 0.333. The van der Waals surface area contributed by atoms with E-state index >= 15 is 0 Å². The summed E-state index contributed by atoms with van der Waals surface area (Å²) < 4.78 is 26.4. The second kappa shape index (κ2) is 10.4. The maximum absolute atomic E-state index is 14.3. The maximum atomic E-state index is 14.3. The molecule has 2 N–H and O–H groups in total. The average molecular weight is 476 g/mol. The summed E-state index contributed by atoms with van der Waals surface area (Å²) in [4.78, 5) is 16.6. The van der Waals surface area contributed by atoms with E-state index in [0.29, 0.717) is 41.1 Å². The lowest BCUT2D eigenvalue weighted by molar-refractivity contribution is -0.181. The van der Waals surface area contributed by atoms with Crippen molar-refractivity contribution >= 4 is 40.8 Å². The van der Waals surface area contributed by atoms with E-state index < -0.39 is 23.8 Å². The van der Waals surface area contributed by atoms with Gasteiger partial charge >= 0.3 is 5.97 Å². The minimum absolute atomic E-state index is 0.0328. The zero-order chi connectivity index (χ0) is 24.2. The molecule has 3 rings (SSSR count). The number of rotatable bonds is 8. The number of hydrogen-bond donors (Lipinski definition) is 2. The summed E-state index contributed by atoms with van der Waals surface area (Å²) in [6.45, 7) is 6.26.